The van der Waals surface area contributed by atoms with Gasteiger partial charge in [0.25, 0.3) is 10.0 Å². The summed E-state index contributed by atoms with van der Waals surface area (Å²) in [6.45, 7) is 2.76. The minimum absolute atomic E-state index is 0. The average molecular weight is 396 g/mol. The molecule has 0 aliphatic carbocycles. The maximum absolute atomic E-state index is 12.9. The summed E-state index contributed by atoms with van der Waals surface area (Å²) in [6, 6.07) is 11.1. The molecule has 2 unspecified atom stereocenters. The monoisotopic (exact) mass is 395 g/mol. The quantitative estimate of drug-likeness (QED) is 0.833. The summed E-state index contributed by atoms with van der Waals surface area (Å²) < 4.78 is 27.0. The lowest BCUT2D eigenvalue weighted by atomic mass is 10.0. The number of nitrogens with zero attached hydrogens (tertiary/aromatic N) is 1. The standard InChI is InChI=1S/C18H21N3O3S.ClH/c1-12-10-14(8-9-19-12)20-17(22)11-21-15-6-2-4-13-5-3-7-16(18(13)15)25(21,23)24;/h2-7,12,14,19H,8-11H2,1H3,(H,20,22);1H. The van der Waals surface area contributed by atoms with Crippen LogP contribution in [0.4, 0.5) is 5.69 Å². The number of rotatable bonds is 3. The fourth-order valence-corrected chi connectivity index (χ4v) is 5.46. The van der Waals surface area contributed by atoms with Crippen LogP contribution in [0, 0.1) is 0 Å². The minimum Gasteiger partial charge on any atom is -0.352 e. The van der Waals surface area contributed by atoms with E-state index < -0.39 is 10.0 Å². The van der Waals surface area contributed by atoms with Crippen molar-refractivity contribution < 1.29 is 13.2 Å². The maximum Gasteiger partial charge on any atom is 0.265 e. The van der Waals surface area contributed by atoms with Gasteiger partial charge >= 0.3 is 0 Å². The SMILES string of the molecule is CC1CC(NC(=O)CN2c3cccc4cccc(c34)S2(=O)=O)CCN1.Cl. The third-order valence-electron chi connectivity index (χ3n) is 4.96. The van der Waals surface area contributed by atoms with Gasteiger partial charge in [0.1, 0.15) is 6.54 Å². The van der Waals surface area contributed by atoms with Crippen molar-refractivity contribution in [2.45, 2.75) is 36.7 Å². The highest BCUT2D eigenvalue weighted by Gasteiger charge is 2.36. The highest BCUT2D eigenvalue weighted by molar-refractivity contribution is 7.93. The number of piperidine rings is 1. The number of anilines is 1. The third kappa shape index (κ3) is 3.15. The number of amides is 1. The number of carbonyl (C=O) groups is 1. The molecule has 2 aromatic rings. The molecule has 6 nitrogen and oxygen atoms in total. The summed E-state index contributed by atoms with van der Waals surface area (Å²) in [5.74, 6) is -0.257. The van der Waals surface area contributed by atoms with Gasteiger partial charge in [0, 0.05) is 17.5 Å². The zero-order valence-electron chi connectivity index (χ0n) is 14.4. The zero-order valence-corrected chi connectivity index (χ0v) is 16.1. The number of carbonyl (C=O) groups excluding carboxylic acids is 1. The molecule has 1 saturated heterocycles. The van der Waals surface area contributed by atoms with E-state index in [0.29, 0.717) is 17.1 Å². The second-order valence-electron chi connectivity index (χ2n) is 6.79. The van der Waals surface area contributed by atoms with Gasteiger partial charge in [-0.25, -0.2) is 8.42 Å². The Morgan fingerprint density at radius 3 is 2.73 bits per heavy atom. The predicted octanol–water partition coefficient (Wildman–Crippen LogP) is 2.03. The van der Waals surface area contributed by atoms with E-state index in [0.717, 1.165) is 24.8 Å². The summed E-state index contributed by atoms with van der Waals surface area (Å²) in [7, 11) is -3.68. The summed E-state index contributed by atoms with van der Waals surface area (Å²) in [6.07, 6.45) is 1.72. The molecule has 0 saturated carbocycles. The summed E-state index contributed by atoms with van der Waals surface area (Å²) in [5, 5.41) is 7.90. The van der Waals surface area contributed by atoms with Crippen molar-refractivity contribution in [3.63, 3.8) is 0 Å². The smallest absolute Gasteiger partial charge is 0.265 e. The van der Waals surface area contributed by atoms with Crippen LogP contribution in [-0.2, 0) is 14.8 Å². The number of hydrogen-bond donors (Lipinski definition) is 2. The van der Waals surface area contributed by atoms with Crippen molar-refractivity contribution in [2.24, 2.45) is 0 Å². The third-order valence-corrected chi connectivity index (χ3v) is 6.76. The van der Waals surface area contributed by atoms with Crippen molar-refractivity contribution in [3.8, 4) is 0 Å². The van der Waals surface area contributed by atoms with Crippen molar-refractivity contribution in [1.29, 1.82) is 0 Å². The van der Waals surface area contributed by atoms with E-state index in [-0.39, 0.29) is 35.8 Å². The predicted molar refractivity (Wildman–Crippen MR) is 104 cm³/mol. The van der Waals surface area contributed by atoms with Gasteiger partial charge in [-0.2, -0.15) is 0 Å². The Morgan fingerprint density at radius 2 is 2.00 bits per heavy atom. The van der Waals surface area contributed by atoms with E-state index in [1.165, 1.54) is 4.31 Å². The molecule has 4 rings (SSSR count). The van der Waals surface area contributed by atoms with Gasteiger partial charge in [-0.1, -0.05) is 24.3 Å². The molecule has 0 radical (unpaired) electrons. The van der Waals surface area contributed by atoms with E-state index in [4.69, 9.17) is 0 Å². The van der Waals surface area contributed by atoms with Crippen molar-refractivity contribution in [2.75, 3.05) is 17.4 Å². The molecular weight excluding hydrogens is 374 g/mol. The molecule has 2 N–H and O–H groups in total. The Kier molecular flexibility index (Phi) is 5.14. The summed E-state index contributed by atoms with van der Waals surface area (Å²) >= 11 is 0. The van der Waals surface area contributed by atoms with E-state index in [1.807, 2.05) is 18.2 Å². The van der Waals surface area contributed by atoms with Crippen LogP contribution >= 0.6 is 12.4 Å². The van der Waals surface area contributed by atoms with Crippen molar-refractivity contribution in [1.82, 2.24) is 10.6 Å². The number of nitrogens with one attached hydrogen (secondary N) is 2. The molecule has 0 bridgehead atoms. The van der Waals surface area contributed by atoms with Gasteiger partial charge in [-0.15, -0.1) is 12.4 Å². The lowest BCUT2D eigenvalue weighted by Gasteiger charge is -2.29. The fourth-order valence-electron chi connectivity index (χ4n) is 3.80. The molecular formula is C18H22ClN3O3S. The van der Waals surface area contributed by atoms with Crippen LogP contribution in [0.1, 0.15) is 19.8 Å². The Balaban J connectivity index is 0.00000196. The number of halogens is 1. The van der Waals surface area contributed by atoms with Crippen LogP contribution in [-0.4, -0.2) is 39.5 Å². The molecule has 2 aliphatic rings. The topological polar surface area (TPSA) is 78.5 Å². The molecule has 1 amide bonds. The lowest BCUT2D eigenvalue weighted by molar-refractivity contribution is -0.120. The van der Waals surface area contributed by atoms with E-state index in [9.17, 15) is 13.2 Å². The molecule has 0 aromatic heterocycles. The fraction of sp³-hybridized carbons (Fsp3) is 0.389. The summed E-state index contributed by atoms with van der Waals surface area (Å²) in [4.78, 5) is 12.8. The van der Waals surface area contributed by atoms with Crippen molar-refractivity contribution >= 4 is 44.8 Å². The second-order valence-corrected chi connectivity index (χ2v) is 8.62. The van der Waals surface area contributed by atoms with E-state index >= 15 is 0 Å². The number of hydrogen-bond acceptors (Lipinski definition) is 4. The number of benzene rings is 2. The van der Waals surface area contributed by atoms with Gasteiger partial charge < -0.3 is 10.6 Å². The first-order chi connectivity index (χ1) is 12.0. The highest BCUT2D eigenvalue weighted by Crippen LogP contribution is 2.41. The normalized spacial score (nSPS) is 23.5. The molecule has 140 valence electrons. The van der Waals surface area contributed by atoms with Gasteiger partial charge in [0.15, 0.2) is 0 Å². The van der Waals surface area contributed by atoms with Crippen LogP contribution in [0.15, 0.2) is 41.3 Å². The van der Waals surface area contributed by atoms with Crippen LogP contribution in [0.25, 0.3) is 10.8 Å². The number of sulfonamides is 1. The lowest BCUT2D eigenvalue weighted by Crippen LogP contribution is -2.49. The molecule has 2 heterocycles. The van der Waals surface area contributed by atoms with Gasteiger partial charge in [-0.05, 0) is 43.8 Å². The second kappa shape index (κ2) is 7.06. The molecule has 0 spiro atoms. The molecule has 8 heteroatoms. The van der Waals surface area contributed by atoms with Gasteiger partial charge in [-0.3, -0.25) is 9.10 Å². The van der Waals surface area contributed by atoms with E-state index in [2.05, 4.69) is 17.6 Å². The summed E-state index contributed by atoms with van der Waals surface area (Å²) in [5.41, 5.74) is 0.585. The zero-order chi connectivity index (χ0) is 17.6. The van der Waals surface area contributed by atoms with Crippen molar-refractivity contribution in [3.05, 3.63) is 36.4 Å². The Morgan fingerprint density at radius 1 is 1.27 bits per heavy atom. The molecule has 2 atom stereocenters. The van der Waals surface area contributed by atoms with Crippen LogP contribution in [0.5, 0.6) is 0 Å². The van der Waals surface area contributed by atoms with Crippen LogP contribution < -0.4 is 14.9 Å². The first-order valence-corrected chi connectivity index (χ1v) is 9.98. The molecule has 1 fully saturated rings. The molecule has 2 aromatic carbocycles. The molecule has 2 aliphatic heterocycles. The highest BCUT2D eigenvalue weighted by atomic mass is 35.5. The maximum atomic E-state index is 12.9. The van der Waals surface area contributed by atoms with Gasteiger partial charge in [0.2, 0.25) is 5.91 Å². The average Bonchev–Trinajstić information content (AvgIpc) is 2.78. The van der Waals surface area contributed by atoms with Crippen LogP contribution in [0.2, 0.25) is 0 Å². The molecule has 26 heavy (non-hydrogen) atoms. The van der Waals surface area contributed by atoms with E-state index in [1.54, 1.807) is 18.2 Å². The largest absolute Gasteiger partial charge is 0.352 e. The Labute approximate surface area is 159 Å². The van der Waals surface area contributed by atoms with Gasteiger partial charge in [0.05, 0.1) is 10.6 Å². The Hall–Kier alpha value is -1.83. The van der Waals surface area contributed by atoms with Crippen LogP contribution in [0.3, 0.4) is 0 Å². The minimum atomic E-state index is -3.68. The Bertz CT molecular complexity index is 943. The first-order valence-electron chi connectivity index (χ1n) is 8.54. The first kappa shape index (κ1) is 18.9.